The molecule has 2 nitrogen and oxygen atoms in total. The largest absolute Gasteiger partial charge is 0.329 e. The van der Waals surface area contributed by atoms with Gasteiger partial charge in [-0.25, -0.2) is 0 Å². The number of piperidine rings is 1. The van der Waals surface area contributed by atoms with Gasteiger partial charge in [-0.15, -0.1) is 0 Å². The summed E-state index contributed by atoms with van der Waals surface area (Å²) in [5, 5.41) is 0. The standard InChI is InChI=1S/C16H32N2/c1-12-6-8-15(9-7-12)16(11-17)18-10-4-5-13(2)14(18)3/h12-16H,4-11,17H2,1-3H3. The van der Waals surface area contributed by atoms with Crippen LogP contribution in [0, 0.1) is 17.8 Å². The van der Waals surface area contributed by atoms with E-state index in [9.17, 15) is 0 Å². The van der Waals surface area contributed by atoms with Crippen molar-refractivity contribution in [1.29, 1.82) is 0 Å². The molecule has 2 rings (SSSR count). The predicted molar refractivity (Wildman–Crippen MR) is 78.5 cm³/mol. The monoisotopic (exact) mass is 252 g/mol. The van der Waals surface area contributed by atoms with Crippen LogP contribution in [0.1, 0.15) is 59.3 Å². The van der Waals surface area contributed by atoms with E-state index >= 15 is 0 Å². The summed E-state index contributed by atoms with van der Waals surface area (Å²) in [6, 6.07) is 1.38. The van der Waals surface area contributed by atoms with Gasteiger partial charge in [0.25, 0.3) is 0 Å². The van der Waals surface area contributed by atoms with Gasteiger partial charge in [-0.3, -0.25) is 4.90 Å². The third-order valence-corrected chi connectivity index (χ3v) is 5.69. The summed E-state index contributed by atoms with van der Waals surface area (Å²) in [4.78, 5) is 2.74. The van der Waals surface area contributed by atoms with Crippen molar-refractivity contribution < 1.29 is 0 Å². The molecule has 18 heavy (non-hydrogen) atoms. The highest BCUT2D eigenvalue weighted by molar-refractivity contribution is 4.89. The minimum Gasteiger partial charge on any atom is -0.329 e. The Balaban J connectivity index is 1.98. The molecule has 0 radical (unpaired) electrons. The molecule has 2 fully saturated rings. The Morgan fingerprint density at radius 2 is 1.72 bits per heavy atom. The lowest BCUT2D eigenvalue weighted by atomic mass is 9.77. The molecule has 1 saturated carbocycles. The first kappa shape index (κ1) is 14.3. The normalized spacial score (nSPS) is 40.7. The molecule has 0 spiro atoms. The molecule has 1 aliphatic carbocycles. The van der Waals surface area contributed by atoms with E-state index in [1.54, 1.807) is 0 Å². The highest BCUT2D eigenvalue weighted by Crippen LogP contribution is 2.35. The second-order valence-corrected chi connectivity index (χ2v) is 6.92. The zero-order valence-corrected chi connectivity index (χ0v) is 12.6. The molecule has 106 valence electrons. The Labute approximate surface area is 113 Å². The fourth-order valence-corrected chi connectivity index (χ4v) is 4.10. The van der Waals surface area contributed by atoms with Gasteiger partial charge in [-0.2, -0.15) is 0 Å². The van der Waals surface area contributed by atoms with Crippen molar-refractivity contribution in [3.63, 3.8) is 0 Å². The van der Waals surface area contributed by atoms with E-state index < -0.39 is 0 Å². The summed E-state index contributed by atoms with van der Waals surface area (Å²) in [5.41, 5.74) is 6.14. The van der Waals surface area contributed by atoms with Gasteiger partial charge in [0, 0.05) is 18.6 Å². The zero-order chi connectivity index (χ0) is 13.1. The average Bonchev–Trinajstić information content (AvgIpc) is 2.37. The summed E-state index contributed by atoms with van der Waals surface area (Å²) in [5.74, 6) is 2.65. The van der Waals surface area contributed by atoms with Crippen molar-refractivity contribution in [3.8, 4) is 0 Å². The molecule has 0 aromatic carbocycles. The van der Waals surface area contributed by atoms with E-state index in [0.717, 1.165) is 30.3 Å². The van der Waals surface area contributed by atoms with E-state index in [0.29, 0.717) is 6.04 Å². The van der Waals surface area contributed by atoms with Crippen LogP contribution in [0.5, 0.6) is 0 Å². The lowest BCUT2D eigenvalue weighted by Crippen LogP contribution is -2.54. The van der Waals surface area contributed by atoms with Crippen LogP contribution in [0.15, 0.2) is 0 Å². The summed E-state index contributed by atoms with van der Waals surface area (Å²) >= 11 is 0. The first-order valence-corrected chi connectivity index (χ1v) is 8.09. The van der Waals surface area contributed by atoms with Gasteiger partial charge in [0.05, 0.1) is 0 Å². The average molecular weight is 252 g/mol. The van der Waals surface area contributed by atoms with Gasteiger partial charge in [0.15, 0.2) is 0 Å². The zero-order valence-electron chi connectivity index (χ0n) is 12.6. The van der Waals surface area contributed by atoms with Crippen LogP contribution >= 0.6 is 0 Å². The molecule has 2 N–H and O–H groups in total. The van der Waals surface area contributed by atoms with Gasteiger partial charge in [0.1, 0.15) is 0 Å². The van der Waals surface area contributed by atoms with Crippen LogP contribution in [0.2, 0.25) is 0 Å². The van der Waals surface area contributed by atoms with Crippen LogP contribution in [-0.4, -0.2) is 30.1 Å². The molecule has 0 amide bonds. The van der Waals surface area contributed by atoms with Gasteiger partial charge in [-0.1, -0.05) is 26.7 Å². The second kappa shape index (κ2) is 6.38. The maximum atomic E-state index is 6.14. The molecule has 1 aliphatic heterocycles. The summed E-state index contributed by atoms with van der Waals surface area (Å²) in [7, 11) is 0. The van der Waals surface area contributed by atoms with Gasteiger partial charge in [0.2, 0.25) is 0 Å². The van der Waals surface area contributed by atoms with Gasteiger partial charge >= 0.3 is 0 Å². The molecular weight excluding hydrogens is 220 g/mol. The lowest BCUT2D eigenvalue weighted by molar-refractivity contribution is 0.0303. The Morgan fingerprint density at radius 1 is 1.06 bits per heavy atom. The van der Waals surface area contributed by atoms with Crippen molar-refractivity contribution in [2.75, 3.05) is 13.1 Å². The topological polar surface area (TPSA) is 29.3 Å². The predicted octanol–water partition coefficient (Wildman–Crippen LogP) is 3.26. The summed E-state index contributed by atoms with van der Waals surface area (Å²) in [6.07, 6.45) is 8.40. The minimum absolute atomic E-state index is 0.648. The van der Waals surface area contributed by atoms with E-state index in [1.807, 2.05) is 0 Å². The first-order valence-electron chi connectivity index (χ1n) is 8.09. The molecule has 2 aliphatic rings. The molecule has 1 saturated heterocycles. The number of nitrogens with two attached hydrogens (primary N) is 1. The van der Waals surface area contributed by atoms with Crippen molar-refractivity contribution in [3.05, 3.63) is 0 Å². The van der Waals surface area contributed by atoms with Crippen molar-refractivity contribution in [2.45, 2.75) is 71.4 Å². The van der Waals surface area contributed by atoms with E-state index in [2.05, 4.69) is 25.7 Å². The van der Waals surface area contributed by atoms with Crippen LogP contribution < -0.4 is 5.73 Å². The molecule has 0 bridgehead atoms. The van der Waals surface area contributed by atoms with Crippen molar-refractivity contribution in [2.24, 2.45) is 23.5 Å². The third kappa shape index (κ3) is 3.08. The summed E-state index contributed by atoms with van der Waals surface area (Å²) < 4.78 is 0. The number of hydrogen-bond acceptors (Lipinski definition) is 2. The quantitative estimate of drug-likeness (QED) is 0.835. The minimum atomic E-state index is 0.648. The van der Waals surface area contributed by atoms with Gasteiger partial charge < -0.3 is 5.73 Å². The molecule has 0 aromatic heterocycles. The van der Waals surface area contributed by atoms with E-state index in [-0.39, 0.29) is 0 Å². The molecule has 2 heteroatoms. The Hall–Kier alpha value is -0.0800. The number of hydrogen-bond donors (Lipinski definition) is 1. The number of likely N-dealkylation sites (tertiary alicyclic amines) is 1. The SMILES string of the molecule is CC1CCC(C(CN)N2CCCC(C)C2C)CC1. The van der Waals surface area contributed by atoms with E-state index in [1.165, 1.54) is 45.1 Å². The molecule has 0 aromatic rings. The molecule has 3 atom stereocenters. The molecule has 3 unspecified atom stereocenters. The Morgan fingerprint density at radius 3 is 2.33 bits per heavy atom. The van der Waals surface area contributed by atoms with E-state index in [4.69, 9.17) is 5.73 Å². The van der Waals surface area contributed by atoms with Crippen LogP contribution in [0.3, 0.4) is 0 Å². The first-order chi connectivity index (χ1) is 8.63. The fraction of sp³-hybridized carbons (Fsp3) is 1.00. The summed E-state index contributed by atoms with van der Waals surface area (Å²) in [6.45, 7) is 9.36. The Bertz CT molecular complexity index is 245. The van der Waals surface area contributed by atoms with Gasteiger partial charge in [-0.05, 0) is 56.9 Å². The van der Waals surface area contributed by atoms with Crippen LogP contribution in [0.25, 0.3) is 0 Å². The molecular formula is C16H32N2. The fourth-order valence-electron chi connectivity index (χ4n) is 4.10. The Kier molecular flexibility index (Phi) is 5.08. The maximum absolute atomic E-state index is 6.14. The highest BCUT2D eigenvalue weighted by Gasteiger charge is 2.34. The van der Waals surface area contributed by atoms with Crippen molar-refractivity contribution in [1.82, 2.24) is 4.90 Å². The smallest absolute Gasteiger partial charge is 0.0249 e. The number of nitrogens with zero attached hydrogens (tertiary/aromatic N) is 1. The number of rotatable bonds is 3. The van der Waals surface area contributed by atoms with Crippen LogP contribution in [-0.2, 0) is 0 Å². The van der Waals surface area contributed by atoms with Crippen molar-refractivity contribution >= 4 is 0 Å². The second-order valence-electron chi connectivity index (χ2n) is 6.92. The molecule has 1 heterocycles. The van der Waals surface area contributed by atoms with Crippen LogP contribution in [0.4, 0.5) is 0 Å². The third-order valence-electron chi connectivity index (χ3n) is 5.69. The maximum Gasteiger partial charge on any atom is 0.0249 e. The highest BCUT2D eigenvalue weighted by atomic mass is 15.2. The lowest BCUT2D eigenvalue weighted by Gasteiger charge is -2.46.